The second-order valence-electron chi connectivity index (χ2n) is 3.99. The molecule has 0 bridgehead atoms. The molecule has 0 spiro atoms. The molecule has 1 unspecified atom stereocenters. The first-order valence-electron chi connectivity index (χ1n) is 4.05. The lowest BCUT2D eigenvalue weighted by molar-refractivity contribution is 0.287. The summed E-state index contributed by atoms with van der Waals surface area (Å²) in [6, 6.07) is 0. The van der Waals surface area contributed by atoms with Crippen molar-refractivity contribution in [3.8, 4) is 12.3 Å². The molecule has 1 saturated carbocycles. The van der Waals surface area contributed by atoms with Gasteiger partial charge in [-0.05, 0) is 38.5 Å². The highest BCUT2D eigenvalue weighted by Gasteiger charge is 2.36. The zero-order valence-corrected chi connectivity index (χ0v) is 7.15. The topological polar surface area (TPSA) is 0 Å². The van der Waals surface area contributed by atoms with Crippen molar-refractivity contribution in [2.75, 3.05) is 0 Å². The molecule has 1 atom stereocenters. The van der Waals surface area contributed by atoms with E-state index in [1.54, 1.807) is 0 Å². The van der Waals surface area contributed by atoms with Gasteiger partial charge in [-0.25, -0.2) is 0 Å². The van der Waals surface area contributed by atoms with E-state index in [0.29, 0.717) is 5.92 Å². The molecular formula is C10H16. The minimum absolute atomic E-state index is 0.112. The molecule has 0 heteroatoms. The largest absolute Gasteiger partial charge is 0.120 e. The van der Waals surface area contributed by atoms with Crippen molar-refractivity contribution in [2.24, 2.45) is 17.3 Å². The molecule has 0 aromatic carbocycles. The van der Waals surface area contributed by atoms with E-state index in [-0.39, 0.29) is 5.41 Å². The van der Waals surface area contributed by atoms with Crippen molar-refractivity contribution < 1.29 is 0 Å². The lowest BCUT2D eigenvalue weighted by Gasteiger charge is -2.25. The first kappa shape index (κ1) is 7.66. The maximum atomic E-state index is 5.42. The monoisotopic (exact) mass is 136 g/mol. The fourth-order valence-electron chi connectivity index (χ4n) is 1.32. The summed E-state index contributed by atoms with van der Waals surface area (Å²) >= 11 is 0. The molecule has 1 rings (SSSR count). The van der Waals surface area contributed by atoms with Crippen molar-refractivity contribution >= 4 is 0 Å². The first-order valence-corrected chi connectivity index (χ1v) is 4.05. The lowest BCUT2D eigenvalue weighted by atomic mass is 9.78. The average molecular weight is 136 g/mol. The Bertz CT molecular complexity index is 155. The van der Waals surface area contributed by atoms with Crippen LogP contribution in [0.25, 0.3) is 0 Å². The van der Waals surface area contributed by atoms with Gasteiger partial charge in [-0.3, -0.25) is 0 Å². The lowest BCUT2D eigenvalue weighted by Crippen LogP contribution is -2.20. The standard InChI is InChI=1S/C10H16/c1-5-10(3,4)8(2)9-6-7-9/h1,8-9H,6-7H2,2-4H3. The van der Waals surface area contributed by atoms with E-state index in [0.717, 1.165) is 5.92 Å². The molecule has 0 heterocycles. The van der Waals surface area contributed by atoms with Crippen molar-refractivity contribution in [3.63, 3.8) is 0 Å². The number of rotatable bonds is 2. The predicted octanol–water partition coefficient (Wildman–Crippen LogP) is 2.69. The number of hydrogen-bond donors (Lipinski definition) is 0. The second-order valence-corrected chi connectivity index (χ2v) is 3.99. The Morgan fingerprint density at radius 3 is 2.30 bits per heavy atom. The van der Waals surface area contributed by atoms with Crippen LogP contribution in [-0.4, -0.2) is 0 Å². The molecule has 0 N–H and O–H groups in total. The van der Waals surface area contributed by atoms with Crippen molar-refractivity contribution in [2.45, 2.75) is 33.6 Å². The zero-order valence-electron chi connectivity index (χ0n) is 7.15. The average Bonchev–Trinajstić information content (AvgIpc) is 2.68. The van der Waals surface area contributed by atoms with Crippen LogP contribution in [0.5, 0.6) is 0 Å². The Kier molecular flexibility index (Phi) is 1.77. The predicted molar refractivity (Wildman–Crippen MR) is 44.5 cm³/mol. The molecule has 0 amide bonds. The Morgan fingerprint density at radius 2 is 2.00 bits per heavy atom. The molecule has 0 aliphatic heterocycles. The van der Waals surface area contributed by atoms with Gasteiger partial charge < -0.3 is 0 Å². The summed E-state index contributed by atoms with van der Waals surface area (Å²) in [6.07, 6.45) is 8.21. The van der Waals surface area contributed by atoms with Gasteiger partial charge in [0.2, 0.25) is 0 Å². The highest BCUT2D eigenvalue weighted by atomic mass is 14.4. The van der Waals surface area contributed by atoms with E-state index < -0.39 is 0 Å². The quantitative estimate of drug-likeness (QED) is 0.512. The maximum Gasteiger partial charge on any atom is 0.0283 e. The van der Waals surface area contributed by atoms with Crippen molar-refractivity contribution in [3.05, 3.63) is 0 Å². The Balaban J connectivity index is 2.54. The smallest absolute Gasteiger partial charge is 0.0283 e. The van der Waals surface area contributed by atoms with Gasteiger partial charge in [0.25, 0.3) is 0 Å². The fourth-order valence-corrected chi connectivity index (χ4v) is 1.32. The van der Waals surface area contributed by atoms with Crippen LogP contribution in [-0.2, 0) is 0 Å². The van der Waals surface area contributed by atoms with Gasteiger partial charge in [0, 0.05) is 5.41 Å². The van der Waals surface area contributed by atoms with E-state index in [1.165, 1.54) is 12.8 Å². The fraction of sp³-hybridized carbons (Fsp3) is 0.800. The van der Waals surface area contributed by atoms with E-state index >= 15 is 0 Å². The molecule has 1 aliphatic carbocycles. The maximum absolute atomic E-state index is 5.42. The first-order chi connectivity index (χ1) is 4.58. The summed E-state index contributed by atoms with van der Waals surface area (Å²) in [4.78, 5) is 0. The summed E-state index contributed by atoms with van der Waals surface area (Å²) in [7, 11) is 0. The van der Waals surface area contributed by atoms with Crippen LogP contribution in [0.4, 0.5) is 0 Å². The van der Waals surface area contributed by atoms with Crippen LogP contribution in [0.3, 0.4) is 0 Å². The van der Waals surface area contributed by atoms with Crippen molar-refractivity contribution in [1.29, 1.82) is 0 Å². The molecule has 1 aliphatic rings. The van der Waals surface area contributed by atoms with Gasteiger partial charge in [0.05, 0.1) is 0 Å². The molecule has 0 aromatic heterocycles. The van der Waals surface area contributed by atoms with Crippen LogP contribution in [0.15, 0.2) is 0 Å². The van der Waals surface area contributed by atoms with Gasteiger partial charge in [-0.2, -0.15) is 0 Å². The number of terminal acetylenes is 1. The Labute approximate surface area is 64.0 Å². The van der Waals surface area contributed by atoms with Crippen LogP contribution in [0, 0.1) is 29.6 Å². The summed E-state index contributed by atoms with van der Waals surface area (Å²) in [6.45, 7) is 6.60. The summed E-state index contributed by atoms with van der Waals surface area (Å²) < 4.78 is 0. The third kappa shape index (κ3) is 1.34. The summed E-state index contributed by atoms with van der Waals surface area (Å²) in [5.41, 5.74) is 0.112. The molecule has 0 nitrogen and oxygen atoms in total. The third-order valence-electron chi connectivity index (χ3n) is 2.84. The summed E-state index contributed by atoms with van der Waals surface area (Å²) in [5.74, 6) is 4.49. The Morgan fingerprint density at radius 1 is 1.50 bits per heavy atom. The highest BCUT2D eigenvalue weighted by Crippen LogP contribution is 2.44. The van der Waals surface area contributed by atoms with Gasteiger partial charge in [-0.15, -0.1) is 12.3 Å². The molecule has 56 valence electrons. The Hall–Kier alpha value is -0.440. The van der Waals surface area contributed by atoms with E-state index in [4.69, 9.17) is 6.42 Å². The molecule has 1 fully saturated rings. The molecule has 0 saturated heterocycles. The van der Waals surface area contributed by atoms with E-state index in [9.17, 15) is 0 Å². The zero-order chi connectivity index (χ0) is 7.78. The SMILES string of the molecule is C#CC(C)(C)C(C)C1CC1. The molecule has 0 aromatic rings. The van der Waals surface area contributed by atoms with Crippen molar-refractivity contribution in [1.82, 2.24) is 0 Å². The van der Waals surface area contributed by atoms with Gasteiger partial charge >= 0.3 is 0 Å². The third-order valence-corrected chi connectivity index (χ3v) is 2.84. The van der Waals surface area contributed by atoms with Crippen LogP contribution in [0.1, 0.15) is 33.6 Å². The van der Waals surface area contributed by atoms with E-state index in [2.05, 4.69) is 26.7 Å². The second kappa shape index (κ2) is 2.31. The van der Waals surface area contributed by atoms with Crippen LogP contribution < -0.4 is 0 Å². The van der Waals surface area contributed by atoms with Gasteiger partial charge in [0.15, 0.2) is 0 Å². The highest BCUT2D eigenvalue weighted by molar-refractivity contribution is 5.05. The normalized spacial score (nSPS) is 21.8. The van der Waals surface area contributed by atoms with Crippen LogP contribution >= 0.6 is 0 Å². The minimum atomic E-state index is 0.112. The van der Waals surface area contributed by atoms with E-state index in [1.807, 2.05) is 0 Å². The van der Waals surface area contributed by atoms with Crippen LogP contribution in [0.2, 0.25) is 0 Å². The molecular weight excluding hydrogens is 120 g/mol. The summed E-state index contributed by atoms with van der Waals surface area (Å²) in [5, 5.41) is 0. The molecule has 10 heavy (non-hydrogen) atoms. The van der Waals surface area contributed by atoms with Gasteiger partial charge in [-0.1, -0.05) is 6.92 Å². The molecule has 0 radical (unpaired) electrons. The van der Waals surface area contributed by atoms with Gasteiger partial charge in [0.1, 0.15) is 0 Å². The minimum Gasteiger partial charge on any atom is -0.120 e. The number of hydrogen-bond acceptors (Lipinski definition) is 0.